The molecule has 0 radical (unpaired) electrons. The van der Waals surface area contributed by atoms with Crippen LogP contribution in [0, 0.1) is 0 Å². The van der Waals surface area contributed by atoms with Gasteiger partial charge in [-0.2, -0.15) is 0 Å². The molecule has 106 valence electrons. The molecule has 3 aromatic rings. The van der Waals surface area contributed by atoms with Crippen molar-refractivity contribution in [2.24, 2.45) is 0 Å². The number of aryl methyl sites for hydroxylation is 1. The Morgan fingerprint density at radius 1 is 1.14 bits per heavy atom. The summed E-state index contributed by atoms with van der Waals surface area (Å²) in [7, 11) is 0. The van der Waals surface area contributed by atoms with E-state index in [9.17, 15) is 4.79 Å². The third-order valence-electron chi connectivity index (χ3n) is 3.59. The Labute approximate surface area is 131 Å². The molecule has 0 atom stereocenters. The van der Waals surface area contributed by atoms with Crippen molar-refractivity contribution in [1.82, 2.24) is 9.55 Å². The standard InChI is InChI=1S/C17H15BrN2O/c1-2-12-10-20(11-13-6-3-4-7-14(13)18)15-8-5-9-19-16(15)17(12)21/h3-10H,2,11H2,1H3. The predicted octanol–water partition coefficient (Wildman–Crippen LogP) is 3.77. The normalized spacial score (nSPS) is 11.0. The highest BCUT2D eigenvalue weighted by atomic mass is 79.9. The minimum Gasteiger partial charge on any atom is -0.341 e. The molecule has 0 aliphatic rings. The zero-order valence-electron chi connectivity index (χ0n) is 11.7. The van der Waals surface area contributed by atoms with Crippen LogP contribution in [-0.4, -0.2) is 9.55 Å². The van der Waals surface area contributed by atoms with Gasteiger partial charge in [0, 0.05) is 29.0 Å². The number of nitrogens with zero attached hydrogens (tertiary/aromatic N) is 2. The minimum absolute atomic E-state index is 0.0384. The highest BCUT2D eigenvalue weighted by molar-refractivity contribution is 9.10. The maximum atomic E-state index is 12.3. The van der Waals surface area contributed by atoms with Crippen LogP contribution in [0.1, 0.15) is 18.1 Å². The third-order valence-corrected chi connectivity index (χ3v) is 4.37. The minimum atomic E-state index is 0.0384. The lowest BCUT2D eigenvalue weighted by molar-refractivity contribution is 0.808. The molecule has 0 saturated heterocycles. The fourth-order valence-corrected chi connectivity index (χ4v) is 2.87. The maximum Gasteiger partial charge on any atom is 0.210 e. The molecule has 3 rings (SSSR count). The quantitative estimate of drug-likeness (QED) is 0.726. The topological polar surface area (TPSA) is 34.9 Å². The summed E-state index contributed by atoms with van der Waals surface area (Å²) < 4.78 is 3.17. The van der Waals surface area contributed by atoms with E-state index in [1.807, 2.05) is 43.5 Å². The number of fused-ring (bicyclic) bond motifs is 1. The zero-order chi connectivity index (χ0) is 14.8. The molecule has 0 spiro atoms. The van der Waals surface area contributed by atoms with Gasteiger partial charge >= 0.3 is 0 Å². The summed E-state index contributed by atoms with van der Waals surface area (Å²) in [6.07, 6.45) is 4.33. The molecule has 0 saturated carbocycles. The Kier molecular flexibility index (Phi) is 3.88. The second kappa shape index (κ2) is 5.82. The van der Waals surface area contributed by atoms with Crippen LogP contribution in [0.15, 0.2) is 58.1 Å². The van der Waals surface area contributed by atoms with Crippen molar-refractivity contribution in [3.63, 3.8) is 0 Å². The van der Waals surface area contributed by atoms with Crippen molar-refractivity contribution in [2.75, 3.05) is 0 Å². The molecule has 0 aliphatic carbocycles. The van der Waals surface area contributed by atoms with Gasteiger partial charge in [0.2, 0.25) is 5.43 Å². The van der Waals surface area contributed by atoms with Crippen LogP contribution in [0.4, 0.5) is 0 Å². The van der Waals surface area contributed by atoms with E-state index in [1.54, 1.807) is 6.20 Å². The summed E-state index contributed by atoms with van der Waals surface area (Å²) >= 11 is 3.58. The Morgan fingerprint density at radius 2 is 1.95 bits per heavy atom. The number of aromatic nitrogens is 2. The lowest BCUT2D eigenvalue weighted by Gasteiger charge is -2.13. The van der Waals surface area contributed by atoms with Crippen molar-refractivity contribution in [2.45, 2.75) is 19.9 Å². The summed E-state index contributed by atoms with van der Waals surface area (Å²) in [5, 5.41) is 0. The maximum absolute atomic E-state index is 12.3. The van der Waals surface area contributed by atoms with Crippen LogP contribution in [0.3, 0.4) is 0 Å². The van der Waals surface area contributed by atoms with Crippen molar-refractivity contribution in [3.8, 4) is 0 Å². The molecule has 0 fully saturated rings. The van der Waals surface area contributed by atoms with E-state index in [-0.39, 0.29) is 5.43 Å². The van der Waals surface area contributed by atoms with Gasteiger partial charge in [-0.1, -0.05) is 41.1 Å². The summed E-state index contributed by atoms with van der Waals surface area (Å²) in [5.74, 6) is 0. The third kappa shape index (κ3) is 2.63. The molecule has 21 heavy (non-hydrogen) atoms. The highest BCUT2D eigenvalue weighted by Crippen LogP contribution is 2.19. The number of hydrogen-bond donors (Lipinski definition) is 0. The van der Waals surface area contributed by atoms with Gasteiger partial charge in [0.25, 0.3) is 0 Å². The summed E-state index contributed by atoms with van der Waals surface area (Å²) in [4.78, 5) is 16.6. The van der Waals surface area contributed by atoms with Crippen LogP contribution in [0.5, 0.6) is 0 Å². The fraction of sp³-hybridized carbons (Fsp3) is 0.176. The van der Waals surface area contributed by atoms with Crippen molar-refractivity contribution in [3.05, 3.63) is 74.6 Å². The molecule has 1 aromatic carbocycles. The number of rotatable bonds is 3. The number of hydrogen-bond acceptors (Lipinski definition) is 2. The lowest BCUT2D eigenvalue weighted by atomic mass is 10.1. The van der Waals surface area contributed by atoms with Gasteiger partial charge in [-0.15, -0.1) is 0 Å². The van der Waals surface area contributed by atoms with Crippen molar-refractivity contribution < 1.29 is 0 Å². The largest absolute Gasteiger partial charge is 0.341 e. The van der Waals surface area contributed by atoms with Crippen molar-refractivity contribution in [1.29, 1.82) is 0 Å². The van der Waals surface area contributed by atoms with Gasteiger partial charge in [0.15, 0.2) is 0 Å². The molecular weight excluding hydrogens is 328 g/mol. The zero-order valence-corrected chi connectivity index (χ0v) is 13.3. The molecule has 0 unspecified atom stereocenters. The van der Waals surface area contributed by atoms with Crippen LogP contribution < -0.4 is 5.43 Å². The molecule has 0 bridgehead atoms. The molecule has 0 amide bonds. The van der Waals surface area contributed by atoms with Gasteiger partial charge in [-0.3, -0.25) is 9.78 Å². The van der Waals surface area contributed by atoms with E-state index < -0.39 is 0 Å². The molecule has 0 N–H and O–H groups in total. The lowest BCUT2D eigenvalue weighted by Crippen LogP contribution is -2.16. The van der Waals surface area contributed by atoms with Crippen LogP contribution in [0.2, 0.25) is 0 Å². The first-order valence-electron chi connectivity index (χ1n) is 6.91. The Hall–Kier alpha value is -1.94. The van der Waals surface area contributed by atoms with E-state index in [2.05, 4.69) is 31.5 Å². The monoisotopic (exact) mass is 342 g/mol. The molecule has 4 heteroatoms. The average Bonchev–Trinajstić information content (AvgIpc) is 2.52. The highest BCUT2D eigenvalue weighted by Gasteiger charge is 2.09. The van der Waals surface area contributed by atoms with E-state index in [0.29, 0.717) is 18.5 Å². The van der Waals surface area contributed by atoms with Gasteiger partial charge < -0.3 is 4.57 Å². The van der Waals surface area contributed by atoms with Crippen LogP contribution in [-0.2, 0) is 13.0 Å². The van der Waals surface area contributed by atoms with Crippen LogP contribution >= 0.6 is 15.9 Å². The molecule has 0 aliphatic heterocycles. The summed E-state index contributed by atoms with van der Waals surface area (Å²) in [6, 6.07) is 11.9. The second-order valence-electron chi connectivity index (χ2n) is 4.93. The number of pyridine rings is 2. The summed E-state index contributed by atoms with van der Waals surface area (Å²) in [6.45, 7) is 2.70. The van der Waals surface area contributed by atoms with Gasteiger partial charge in [-0.25, -0.2) is 0 Å². The molecule has 2 aromatic heterocycles. The smallest absolute Gasteiger partial charge is 0.210 e. The Balaban J connectivity index is 2.21. The fourth-order valence-electron chi connectivity index (χ4n) is 2.46. The van der Waals surface area contributed by atoms with Crippen molar-refractivity contribution >= 4 is 27.0 Å². The first-order chi connectivity index (χ1) is 10.2. The van der Waals surface area contributed by atoms with E-state index in [1.165, 1.54) is 5.56 Å². The SMILES string of the molecule is CCc1cn(Cc2ccccc2Br)c2cccnc2c1=O. The van der Waals surface area contributed by atoms with Gasteiger partial charge in [0.1, 0.15) is 5.52 Å². The first-order valence-corrected chi connectivity index (χ1v) is 7.70. The number of halogens is 1. The Bertz CT molecular complexity index is 855. The predicted molar refractivity (Wildman–Crippen MR) is 88.6 cm³/mol. The Morgan fingerprint density at radius 3 is 2.71 bits per heavy atom. The first kappa shape index (κ1) is 14.0. The van der Waals surface area contributed by atoms with Crippen LogP contribution in [0.25, 0.3) is 11.0 Å². The molecule has 3 nitrogen and oxygen atoms in total. The van der Waals surface area contributed by atoms with Gasteiger partial charge in [0.05, 0.1) is 5.52 Å². The van der Waals surface area contributed by atoms with Gasteiger partial charge in [-0.05, 0) is 30.2 Å². The van der Waals surface area contributed by atoms with E-state index in [4.69, 9.17) is 0 Å². The number of benzene rings is 1. The molecular formula is C17H15BrN2O. The summed E-state index contributed by atoms with van der Waals surface area (Å²) in [5.41, 5.74) is 3.43. The van der Waals surface area contributed by atoms with E-state index in [0.717, 1.165) is 15.6 Å². The average molecular weight is 343 g/mol. The molecule has 2 heterocycles. The second-order valence-corrected chi connectivity index (χ2v) is 5.78. The van der Waals surface area contributed by atoms with E-state index >= 15 is 0 Å².